The molecule has 4 nitrogen and oxygen atoms in total. The van der Waals surface area contributed by atoms with Crippen LogP contribution in [0.2, 0.25) is 0 Å². The average Bonchev–Trinajstić information content (AvgIpc) is 3.55. The summed E-state index contributed by atoms with van der Waals surface area (Å²) >= 11 is 3.60. The highest BCUT2D eigenvalue weighted by Gasteiger charge is 2.44. The van der Waals surface area contributed by atoms with Crippen molar-refractivity contribution >= 4 is 45.9 Å². The summed E-state index contributed by atoms with van der Waals surface area (Å²) in [6, 6.07) is 9.65. The normalized spacial score (nSPS) is 24.8. The number of nitrogens with zero attached hydrogens (tertiary/aromatic N) is 2. The Balaban J connectivity index is 0.00000196. The van der Waals surface area contributed by atoms with Gasteiger partial charge in [0.05, 0.1) is 0 Å². The average molecular weight is 533 g/mol. The van der Waals surface area contributed by atoms with Gasteiger partial charge in [0.25, 0.3) is 0 Å². The Hall–Kier alpha value is -0.340. The second-order valence-corrected chi connectivity index (χ2v) is 8.89. The standard InChI is InChI=1S/C20H29BrN4.HI/c1-22-19(23-12-15-7-10-25(13-15)18-5-6-18)24-14-20(8-9-20)16-3-2-4-17(21)11-16;/h2-4,11,15,18H,5-10,12-14H2,1H3,(H2,22,23,24);1H. The van der Waals surface area contributed by atoms with Gasteiger partial charge in [-0.25, -0.2) is 0 Å². The van der Waals surface area contributed by atoms with E-state index in [1.54, 1.807) is 0 Å². The van der Waals surface area contributed by atoms with Gasteiger partial charge in [0.1, 0.15) is 0 Å². The van der Waals surface area contributed by atoms with Gasteiger partial charge in [-0.1, -0.05) is 28.1 Å². The van der Waals surface area contributed by atoms with Crippen LogP contribution in [0.3, 0.4) is 0 Å². The Labute approximate surface area is 182 Å². The van der Waals surface area contributed by atoms with Gasteiger partial charge in [0.2, 0.25) is 0 Å². The largest absolute Gasteiger partial charge is 0.356 e. The van der Waals surface area contributed by atoms with E-state index in [0.717, 1.165) is 31.0 Å². The summed E-state index contributed by atoms with van der Waals surface area (Å²) in [7, 11) is 1.87. The van der Waals surface area contributed by atoms with Crippen molar-refractivity contribution in [1.29, 1.82) is 0 Å². The van der Waals surface area contributed by atoms with Crippen LogP contribution in [0.15, 0.2) is 33.7 Å². The van der Waals surface area contributed by atoms with Crippen molar-refractivity contribution in [2.75, 3.05) is 33.2 Å². The van der Waals surface area contributed by atoms with E-state index < -0.39 is 0 Å². The number of nitrogens with one attached hydrogen (secondary N) is 2. The lowest BCUT2D eigenvalue weighted by molar-refractivity contribution is 0.314. The van der Waals surface area contributed by atoms with Crippen LogP contribution in [0.4, 0.5) is 0 Å². The molecule has 0 radical (unpaired) electrons. The van der Waals surface area contributed by atoms with Crippen molar-refractivity contribution in [3.8, 4) is 0 Å². The fraction of sp³-hybridized carbons (Fsp3) is 0.650. The lowest BCUT2D eigenvalue weighted by Gasteiger charge is -2.20. The number of likely N-dealkylation sites (tertiary alicyclic amines) is 1. The van der Waals surface area contributed by atoms with E-state index in [0.29, 0.717) is 0 Å². The summed E-state index contributed by atoms with van der Waals surface area (Å²) < 4.78 is 1.17. The second kappa shape index (κ2) is 8.78. The third kappa shape index (κ3) is 4.93. The first kappa shape index (κ1) is 20.4. The first-order chi connectivity index (χ1) is 12.2. The van der Waals surface area contributed by atoms with E-state index in [2.05, 4.69) is 60.7 Å². The maximum atomic E-state index is 4.43. The highest BCUT2D eigenvalue weighted by molar-refractivity contribution is 14.0. The Morgan fingerprint density at radius 1 is 1.27 bits per heavy atom. The zero-order valence-electron chi connectivity index (χ0n) is 15.5. The monoisotopic (exact) mass is 532 g/mol. The van der Waals surface area contributed by atoms with Crippen LogP contribution in [-0.4, -0.2) is 50.1 Å². The molecule has 1 heterocycles. The van der Waals surface area contributed by atoms with Gasteiger partial charge in [-0.3, -0.25) is 4.99 Å². The third-order valence-corrected chi connectivity index (χ3v) is 6.54. The highest BCUT2D eigenvalue weighted by Crippen LogP contribution is 2.48. The Morgan fingerprint density at radius 3 is 2.73 bits per heavy atom. The summed E-state index contributed by atoms with van der Waals surface area (Å²) in [4.78, 5) is 7.10. The molecule has 26 heavy (non-hydrogen) atoms. The smallest absolute Gasteiger partial charge is 0.191 e. The van der Waals surface area contributed by atoms with Crippen LogP contribution in [-0.2, 0) is 5.41 Å². The number of rotatable bonds is 6. The van der Waals surface area contributed by atoms with E-state index >= 15 is 0 Å². The number of aliphatic imine (C=N–C) groups is 1. The zero-order chi connectivity index (χ0) is 17.3. The molecule has 2 aliphatic carbocycles. The fourth-order valence-corrected chi connectivity index (χ4v) is 4.45. The zero-order valence-corrected chi connectivity index (χ0v) is 19.4. The number of halogens is 2. The first-order valence-electron chi connectivity index (χ1n) is 9.63. The van der Waals surface area contributed by atoms with E-state index in [-0.39, 0.29) is 29.4 Å². The molecular weight excluding hydrogens is 503 g/mol. The molecular formula is C20H30BrIN4. The molecule has 2 N–H and O–H groups in total. The van der Waals surface area contributed by atoms with Crippen molar-refractivity contribution in [2.45, 2.75) is 43.6 Å². The maximum Gasteiger partial charge on any atom is 0.191 e. The Bertz CT molecular complexity index is 642. The molecule has 0 spiro atoms. The van der Waals surface area contributed by atoms with Gasteiger partial charge in [-0.15, -0.1) is 24.0 Å². The van der Waals surface area contributed by atoms with Gasteiger partial charge in [0.15, 0.2) is 5.96 Å². The van der Waals surface area contributed by atoms with Gasteiger partial charge in [-0.2, -0.15) is 0 Å². The molecule has 1 unspecified atom stereocenters. The third-order valence-electron chi connectivity index (χ3n) is 6.05. The van der Waals surface area contributed by atoms with Gasteiger partial charge >= 0.3 is 0 Å². The van der Waals surface area contributed by atoms with Crippen LogP contribution in [0.5, 0.6) is 0 Å². The first-order valence-corrected chi connectivity index (χ1v) is 10.4. The predicted molar refractivity (Wildman–Crippen MR) is 123 cm³/mol. The van der Waals surface area contributed by atoms with Crippen molar-refractivity contribution in [2.24, 2.45) is 10.9 Å². The lowest BCUT2D eigenvalue weighted by atomic mass is 9.96. The molecule has 0 amide bonds. The topological polar surface area (TPSA) is 39.7 Å². The van der Waals surface area contributed by atoms with Crippen LogP contribution >= 0.6 is 39.9 Å². The molecule has 3 aliphatic rings. The van der Waals surface area contributed by atoms with E-state index in [1.165, 1.54) is 55.2 Å². The van der Waals surface area contributed by atoms with Crippen LogP contribution in [0.1, 0.15) is 37.7 Å². The molecule has 4 rings (SSSR count). The highest BCUT2D eigenvalue weighted by atomic mass is 127. The molecule has 6 heteroatoms. The molecule has 2 saturated carbocycles. The number of guanidine groups is 1. The molecule has 1 aliphatic heterocycles. The van der Waals surface area contributed by atoms with Gasteiger partial charge in [0, 0.05) is 42.6 Å². The number of hydrogen-bond acceptors (Lipinski definition) is 2. The lowest BCUT2D eigenvalue weighted by Crippen LogP contribution is -2.43. The summed E-state index contributed by atoms with van der Waals surface area (Å²) in [6.07, 6.45) is 6.67. The summed E-state index contributed by atoms with van der Waals surface area (Å²) in [5, 5.41) is 7.13. The summed E-state index contributed by atoms with van der Waals surface area (Å²) in [5.41, 5.74) is 1.72. The molecule has 1 aromatic rings. The number of benzene rings is 1. The Kier molecular flexibility index (Phi) is 6.88. The molecule has 3 fully saturated rings. The van der Waals surface area contributed by atoms with Crippen molar-refractivity contribution in [3.63, 3.8) is 0 Å². The van der Waals surface area contributed by atoms with Crippen molar-refractivity contribution < 1.29 is 0 Å². The molecule has 1 saturated heterocycles. The van der Waals surface area contributed by atoms with E-state index in [4.69, 9.17) is 0 Å². The van der Waals surface area contributed by atoms with E-state index in [1.807, 2.05) is 7.05 Å². The molecule has 0 aromatic heterocycles. The molecule has 1 aromatic carbocycles. The SMILES string of the molecule is CN=C(NCC1CCN(C2CC2)C1)NCC1(c2cccc(Br)c2)CC1.I. The van der Waals surface area contributed by atoms with Crippen molar-refractivity contribution in [1.82, 2.24) is 15.5 Å². The quantitative estimate of drug-likeness (QED) is 0.333. The van der Waals surface area contributed by atoms with Crippen LogP contribution < -0.4 is 10.6 Å². The molecule has 144 valence electrons. The molecule has 1 atom stereocenters. The van der Waals surface area contributed by atoms with Crippen molar-refractivity contribution in [3.05, 3.63) is 34.3 Å². The van der Waals surface area contributed by atoms with Crippen LogP contribution in [0.25, 0.3) is 0 Å². The van der Waals surface area contributed by atoms with Crippen LogP contribution in [0, 0.1) is 5.92 Å². The minimum atomic E-state index is 0. The Morgan fingerprint density at radius 2 is 2.08 bits per heavy atom. The van der Waals surface area contributed by atoms with Gasteiger partial charge in [-0.05, 0) is 62.3 Å². The maximum absolute atomic E-state index is 4.43. The summed E-state index contributed by atoms with van der Waals surface area (Å²) in [6.45, 7) is 4.54. The van der Waals surface area contributed by atoms with E-state index in [9.17, 15) is 0 Å². The minimum absolute atomic E-state index is 0. The predicted octanol–water partition coefficient (Wildman–Crippen LogP) is 3.75. The summed E-state index contributed by atoms with van der Waals surface area (Å²) in [5.74, 6) is 1.71. The molecule has 0 bridgehead atoms. The number of hydrogen-bond donors (Lipinski definition) is 2. The minimum Gasteiger partial charge on any atom is -0.356 e. The fourth-order valence-electron chi connectivity index (χ4n) is 4.05. The second-order valence-electron chi connectivity index (χ2n) is 7.98. The van der Waals surface area contributed by atoms with Gasteiger partial charge < -0.3 is 15.5 Å².